The number of carbonyl (C=O) groups is 1. The first-order valence-electron chi connectivity index (χ1n) is 7.00. The third-order valence-corrected chi connectivity index (χ3v) is 2.78. The summed E-state index contributed by atoms with van der Waals surface area (Å²) in [6, 6.07) is 10.5. The maximum atomic E-state index is 11.7. The highest BCUT2D eigenvalue weighted by molar-refractivity contribution is 5.88. The first-order chi connectivity index (χ1) is 10.7. The fourth-order valence-electron chi connectivity index (χ4n) is 1.70. The van der Waals surface area contributed by atoms with E-state index in [1.807, 2.05) is 32.0 Å². The average molecular weight is 301 g/mol. The number of anilines is 1. The molecule has 0 saturated heterocycles. The van der Waals surface area contributed by atoms with Gasteiger partial charge in [-0.25, -0.2) is 4.79 Å². The number of pyridine rings is 1. The molecule has 6 heteroatoms. The first-order valence-corrected chi connectivity index (χ1v) is 7.00. The molecule has 0 unspecified atom stereocenters. The van der Waals surface area contributed by atoms with Gasteiger partial charge in [0.15, 0.2) is 6.73 Å². The first kappa shape index (κ1) is 15.6. The lowest BCUT2D eigenvalue weighted by atomic mass is 10.3. The van der Waals surface area contributed by atoms with E-state index in [9.17, 15) is 4.79 Å². The third-order valence-electron chi connectivity index (χ3n) is 2.78. The highest BCUT2D eigenvalue weighted by atomic mass is 16.5. The molecule has 2 N–H and O–H groups in total. The summed E-state index contributed by atoms with van der Waals surface area (Å²) < 4.78 is 10.8. The van der Waals surface area contributed by atoms with Crippen LogP contribution in [-0.4, -0.2) is 24.4 Å². The Hall–Kier alpha value is -2.76. The summed E-state index contributed by atoms with van der Waals surface area (Å²) >= 11 is 0. The molecule has 0 fully saturated rings. The Bertz CT molecular complexity index is 597. The minimum absolute atomic E-state index is 0.0686. The van der Waals surface area contributed by atoms with Crippen LogP contribution in [0.2, 0.25) is 0 Å². The van der Waals surface area contributed by atoms with Crippen LogP contribution in [-0.2, 0) is 0 Å². The van der Waals surface area contributed by atoms with Gasteiger partial charge in [-0.05, 0) is 50.2 Å². The molecule has 0 aliphatic rings. The molecule has 0 bridgehead atoms. The summed E-state index contributed by atoms with van der Waals surface area (Å²) in [6.45, 7) is 4.50. The zero-order chi connectivity index (χ0) is 15.8. The largest absolute Gasteiger partial charge is 0.494 e. The number of aryl methyl sites for hydroxylation is 1. The molecular weight excluding hydrogens is 282 g/mol. The van der Waals surface area contributed by atoms with Crippen molar-refractivity contribution in [1.29, 1.82) is 0 Å². The van der Waals surface area contributed by atoms with Crippen LogP contribution >= 0.6 is 0 Å². The van der Waals surface area contributed by atoms with Gasteiger partial charge in [0.25, 0.3) is 0 Å². The minimum Gasteiger partial charge on any atom is -0.494 e. The molecule has 22 heavy (non-hydrogen) atoms. The van der Waals surface area contributed by atoms with Gasteiger partial charge in [-0.15, -0.1) is 0 Å². The normalized spacial score (nSPS) is 9.91. The second-order valence-corrected chi connectivity index (χ2v) is 4.51. The molecule has 1 heterocycles. The van der Waals surface area contributed by atoms with Gasteiger partial charge >= 0.3 is 6.03 Å². The summed E-state index contributed by atoms with van der Waals surface area (Å²) in [5, 5.41) is 5.27. The average Bonchev–Trinajstić information content (AvgIpc) is 2.52. The molecule has 0 saturated carbocycles. The Labute approximate surface area is 129 Å². The van der Waals surface area contributed by atoms with Crippen molar-refractivity contribution in [3.63, 3.8) is 0 Å². The summed E-state index contributed by atoms with van der Waals surface area (Å²) in [7, 11) is 0. The summed E-state index contributed by atoms with van der Waals surface area (Å²) in [5.41, 5.74) is 1.52. The second kappa shape index (κ2) is 7.87. The number of rotatable bonds is 6. The van der Waals surface area contributed by atoms with Crippen LogP contribution in [0.1, 0.15) is 12.6 Å². The molecule has 0 atom stereocenters. The molecule has 2 rings (SSSR count). The molecule has 1 aromatic carbocycles. The predicted molar refractivity (Wildman–Crippen MR) is 84.2 cm³/mol. The van der Waals surface area contributed by atoms with Crippen LogP contribution in [0.5, 0.6) is 11.5 Å². The van der Waals surface area contributed by atoms with Crippen molar-refractivity contribution in [2.75, 3.05) is 18.7 Å². The molecular formula is C16H19N3O3. The minimum atomic E-state index is -0.350. The molecule has 0 aliphatic carbocycles. The summed E-state index contributed by atoms with van der Waals surface area (Å²) in [4.78, 5) is 15.8. The van der Waals surface area contributed by atoms with Gasteiger partial charge in [0, 0.05) is 5.69 Å². The number of carbonyl (C=O) groups excluding carboxylic acids is 1. The number of nitrogens with one attached hydrogen (secondary N) is 2. The summed E-state index contributed by atoms with van der Waals surface area (Å²) in [6.07, 6.45) is 1.60. The van der Waals surface area contributed by atoms with Gasteiger partial charge in [0.2, 0.25) is 0 Å². The Morgan fingerprint density at radius 3 is 2.36 bits per heavy atom. The maximum absolute atomic E-state index is 11.7. The van der Waals surface area contributed by atoms with Crippen molar-refractivity contribution < 1.29 is 14.3 Å². The molecule has 0 spiro atoms. The smallest absolute Gasteiger partial charge is 0.321 e. The lowest BCUT2D eigenvalue weighted by molar-refractivity contribution is 0.234. The van der Waals surface area contributed by atoms with Crippen LogP contribution in [0.15, 0.2) is 42.6 Å². The van der Waals surface area contributed by atoms with E-state index in [1.165, 1.54) is 0 Å². The van der Waals surface area contributed by atoms with Crippen molar-refractivity contribution in [2.24, 2.45) is 0 Å². The lowest BCUT2D eigenvalue weighted by Crippen LogP contribution is -2.32. The van der Waals surface area contributed by atoms with E-state index in [0.29, 0.717) is 18.0 Å². The number of hydrogen-bond acceptors (Lipinski definition) is 4. The Kier molecular flexibility index (Phi) is 5.59. The fourth-order valence-corrected chi connectivity index (χ4v) is 1.70. The van der Waals surface area contributed by atoms with Gasteiger partial charge in [-0.2, -0.15) is 0 Å². The van der Waals surface area contributed by atoms with E-state index in [-0.39, 0.29) is 12.8 Å². The standard InChI is InChI=1S/C16H19N3O3/c1-3-21-14-6-8-15(9-7-14)22-11-18-16(20)19-13-5-4-12(2)17-10-13/h4-10H,3,11H2,1-2H3,(H2,18,19,20). The van der Waals surface area contributed by atoms with E-state index in [2.05, 4.69) is 15.6 Å². The number of nitrogens with zero attached hydrogens (tertiary/aromatic N) is 1. The van der Waals surface area contributed by atoms with Gasteiger partial charge in [-0.1, -0.05) is 0 Å². The van der Waals surface area contributed by atoms with Crippen molar-refractivity contribution in [3.8, 4) is 11.5 Å². The number of hydrogen-bond donors (Lipinski definition) is 2. The van der Waals surface area contributed by atoms with Crippen molar-refractivity contribution in [2.45, 2.75) is 13.8 Å². The monoisotopic (exact) mass is 301 g/mol. The topological polar surface area (TPSA) is 72.5 Å². The number of aromatic nitrogens is 1. The number of amides is 2. The second-order valence-electron chi connectivity index (χ2n) is 4.51. The SMILES string of the molecule is CCOc1ccc(OCNC(=O)Nc2ccc(C)nc2)cc1. The zero-order valence-corrected chi connectivity index (χ0v) is 12.6. The Morgan fingerprint density at radius 1 is 1.09 bits per heavy atom. The fraction of sp³-hybridized carbons (Fsp3) is 0.250. The van der Waals surface area contributed by atoms with Crippen LogP contribution in [0.3, 0.4) is 0 Å². The van der Waals surface area contributed by atoms with Crippen LogP contribution in [0.25, 0.3) is 0 Å². The van der Waals surface area contributed by atoms with E-state index in [0.717, 1.165) is 11.4 Å². The highest BCUT2D eigenvalue weighted by Crippen LogP contribution is 2.17. The molecule has 2 amide bonds. The van der Waals surface area contributed by atoms with Gasteiger partial charge < -0.3 is 20.1 Å². The molecule has 0 radical (unpaired) electrons. The van der Waals surface area contributed by atoms with E-state index in [1.54, 1.807) is 24.4 Å². The molecule has 116 valence electrons. The van der Waals surface area contributed by atoms with Crippen molar-refractivity contribution in [3.05, 3.63) is 48.3 Å². The zero-order valence-electron chi connectivity index (χ0n) is 12.6. The van der Waals surface area contributed by atoms with E-state index >= 15 is 0 Å². The summed E-state index contributed by atoms with van der Waals surface area (Å²) in [5.74, 6) is 1.44. The predicted octanol–water partition coefficient (Wildman–Crippen LogP) is 2.95. The van der Waals surface area contributed by atoms with Crippen LogP contribution in [0, 0.1) is 6.92 Å². The quantitative estimate of drug-likeness (QED) is 0.805. The van der Waals surface area contributed by atoms with Gasteiger partial charge in [0.05, 0.1) is 18.5 Å². The number of urea groups is 1. The number of ether oxygens (including phenoxy) is 2. The molecule has 6 nitrogen and oxygen atoms in total. The highest BCUT2D eigenvalue weighted by Gasteiger charge is 2.02. The third kappa shape index (κ3) is 4.97. The van der Waals surface area contributed by atoms with Crippen molar-refractivity contribution >= 4 is 11.7 Å². The molecule has 1 aromatic heterocycles. The maximum Gasteiger partial charge on any atom is 0.321 e. The van der Waals surface area contributed by atoms with Gasteiger partial charge in [-0.3, -0.25) is 4.98 Å². The number of benzene rings is 1. The Balaban J connectivity index is 1.73. The van der Waals surface area contributed by atoms with Crippen LogP contribution in [0.4, 0.5) is 10.5 Å². The lowest BCUT2D eigenvalue weighted by Gasteiger charge is -2.10. The van der Waals surface area contributed by atoms with Crippen LogP contribution < -0.4 is 20.1 Å². The van der Waals surface area contributed by atoms with Gasteiger partial charge in [0.1, 0.15) is 11.5 Å². The molecule has 2 aromatic rings. The molecule has 0 aliphatic heterocycles. The Morgan fingerprint density at radius 2 is 1.77 bits per heavy atom. The van der Waals surface area contributed by atoms with E-state index in [4.69, 9.17) is 9.47 Å². The van der Waals surface area contributed by atoms with E-state index < -0.39 is 0 Å². The van der Waals surface area contributed by atoms with Crippen molar-refractivity contribution in [1.82, 2.24) is 10.3 Å².